The molecule has 3 aliphatic rings. The van der Waals surface area contributed by atoms with E-state index in [9.17, 15) is 14.4 Å². The summed E-state index contributed by atoms with van der Waals surface area (Å²) in [5.74, 6) is -2.34. The third-order valence-electron chi connectivity index (χ3n) is 7.91. The SMILES string of the molecule is CNC(=O)C1NC2(CCN(C(C)=O)CC2)[C@@]2(C(=O)Nc3cc(Cl)ccc32)[C@H]1c1cccc(Cl)c1F. The predicted octanol–water partition coefficient (Wildman–Crippen LogP) is 3.21. The molecule has 2 aromatic rings. The molecule has 0 radical (unpaired) electrons. The van der Waals surface area contributed by atoms with E-state index in [0.29, 0.717) is 42.2 Å². The molecule has 2 fully saturated rings. The maximum Gasteiger partial charge on any atom is 0.237 e. The number of carbonyl (C=O) groups excluding carboxylic acids is 3. The second-order valence-corrected chi connectivity index (χ2v) is 10.2. The number of likely N-dealkylation sites (N-methyl/N-ethyl adjacent to an activating group) is 1. The van der Waals surface area contributed by atoms with E-state index in [-0.39, 0.29) is 28.3 Å². The van der Waals surface area contributed by atoms with E-state index in [1.54, 1.807) is 35.2 Å². The van der Waals surface area contributed by atoms with Crippen LogP contribution in [0, 0.1) is 5.82 Å². The van der Waals surface area contributed by atoms with Crippen LogP contribution in [0.2, 0.25) is 10.0 Å². The van der Waals surface area contributed by atoms with Gasteiger partial charge in [0.05, 0.1) is 11.1 Å². The van der Waals surface area contributed by atoms with Crippen LogP contribution < -0.4 is 16.0 Å². The minimum absolute atomic E-state index is 0.0600. The van der Waals surface area contributed by atoms with Crippen LogP contribution in [-0.2, 0) is 19.8 Å². The first-order valence-corrected chi connectivity index (χ1v) is 12.2. The molecule has 184 valence electrons. The molecule has 0 saturated carbocycles. The molecule has 0 aliphatic carbocycles. The zero-order chi connectivity index (χ0) is 25.1. The van der Waals surface area contributed by atoms with Gasteiger partial charge in [0.1, 0.15) is 11.2 Å². The minimum atomic E-state index is -1.35. The molecule has 0 aromatic heterocycles. The maximum atomic E-state index is 15.6. The summed E-state index contributed by atoms with van der Waals surface area (Å²) >= 11 is 12.4. The Bertz CT molecular complexity index is 1250. The molecule has 2 spiro atoms. The lowest BCUT2D eigenvalue weighted by atomic mass is 9.56. The zero-order valence-corrected chi connectivity index (χ0v) is 20.8. The summed E-state index contributed by atoms with van der Waals surface area (Å²) in [7, 11) is 1.51. The predicted molar refractivity (Wildman–Crippen MR) is 131 cm³/mol. The quantitative estimate of drug-likeness (QED) is 0.569. The van der Waals surface area contributed by atoms with Crippen molar-refractivity contribution in [3.05, 3.63) is 63.4 Å². The molecule has 35 heavy (non-hydrogen) atoms. The maximum absolute atomic E-state index is 15.6. The van der Waals surface area contributed by atoms with Crippen LogP contribution in [0.3, 0.4) is 0 Å². The second kappa shape index (κ2) is 8.47. The summed E-state index contributed by atoms with van der Waals surface area (Å²) in [5.41, 5.74) is -0.923. The Morgan fingerprint density at radius 1 is 1.17 bits per heavy atom. The molecular weight excluding hydrogens is 494 g/mol. The van der Waals surface area contributed by atoms with Crippen LogP contribution >= 0.6 is 23.2 Å². The van der Waals surface area contributed by atoms with E-state index < -0.39 is 28.7 Å². The van der Waals surface area contributed by atoms with Crippen LogP contribution in [0.15, 0.2) is 36.4 Å². The van der Waals surface area contributed by atoms with E-state index >= 15 is 4.39 Å². The molecular formula is C25H25Cl2FN4O3. The van der Waals surface area contributed by atoms with Gasteiger partial charge in [-0.05, 0) is 42.2 Å². The molecule has 3 amide bonds. The van der Waals surface area contributed by atoms with Gasteiger partial charge in [-0.25, -0.2) is 4.39 Å². The standard InChI is InChI=1S/C25H25Cl2FN4O3/c1-13(33)32-10-8-24(9-11-32)25(16-7-6-14(26)12-18(16)30-23(25)35)19(21(31-24)22(34)29-2)15-4-3-5-17(27)20(15)28/h3-7,12,19,21,31H,8-11H2,1-2H3,(H,29,34)(H,30,35)/t19-,21?,25+/m0/s1. The van der Waals surface area contributed by atoms with Gasteiger partial charge in [0, 0.05) is 49.2 Å². The molecule has 3 aliphatic heterocycles. The Labute approximate surface area is 212 Å². The first-order valence-electron chi connectivity index (χ1n) is 11.5. The van der Waals surface area contributed by atoms with Crippen molar-refractivity contribution in [2.45, 2.75) is 42.7 Å². The summed E-state index contributed by atoms with van der Waals surface area (Å²) in [4.78, 5) is 41.2. The number of fused-ring (bicyclic) bond motifs is 3. The van der Waals surface area contributed by atoms with Crippen molar-refractivity contribution in [2.75, 3.05) is 25.5 Å². The van der Waals surface area contributed by atoms with Crippen LogP contribution in [-0.4, -0.2) is 54.3 Å². The Morgan fingerprint density at radius 2 is 1.89 bits per heavy atom. The zero-order valence-electron chi connectivity index (χ0n) is 19.3. The number of nitrogens with one attached hydrogen (secondary N) is 3. The van der Waals surface area contributed by atoms with E-state index in [1.807, 2.05) is 0 Å². The molecule has 2 aromatic carbocycles. The largest absolute Gasteiger partial charge is 0.358 e. The van der Waals surface area contributed by atoms with Gasteiger partial charge in [-0.3, -0.25) is 19.7 Å². The van der Waals surface area contributed by atoms with Crippen LogP contribution in [0.25, 0.3) is 0 Å². The van der Waals surface area contributed by atoms with Crippen molar-refractivity contribution >= 4 is 46.6 Å². The van der Waals surface area contributed by atoms with Crippen molar-refractivity contribution in [3.8, 4) is 0 Å². The van der Waals surface area contributed by atoms with Gasteiger partial charge >= 0.3 is 0 Å². The average Bonchev–Trinajstić information content (AvgIpc) is 3.28. The fourth-order valence-electron chi connectivity index (χ4n) is 6.42. The van der Waals surface area contributed by atoms with E-state index in [0.717, 1.165) is 0 Å². The number of carbonyl (C=O) groups is 3. The number of rotatable bonds is 2. The van der Waals surface area contributed by atoms with Crippen molar-refractivity contribution in [3.63, 3.8) is 0 Å². The Balaban J connectivity index is 1.80. The van der Waals surface area contributed by atoms with Crippen LogP contribution in [0.5, 0.6) is 0 Å². The fourth-order valence-corrected chi connectivity index (χ4v) is 6.78. The molecule has 5 rings (SSSR count). The molecule has 7 nitrogen and oxygen atoms in total. The van der Waals surface area contributed by atoms with Gasteiger partial charge in [0.25, 0.3) is 0 Å². The molecule has 3 N–H and O–H groups in total. The molecule has 0 bridgehead atoms. The summed E-state index contributed by atoms with van der Waals surface area (Å²) in [6, 6.07) is 8.85. The summed E-state index contributed by atoms with van der Waals surface area (Å²) in [6.45, 7) is 2.30. The van der Waals surface area contributed by atoms with E-state index in [2.05, 4.69) is 16.0 Å². The number of nitrogens with zero attached hydrogens (tertiary/aromatic N) is 1. The number of benzene rings is 2. The first kappa shape index (κ1) is 24.0. The lowest BCUT2D eigenvalue weighted by molar-refractivity contribution is -0.132. The minimum Gasteiger partial charge on any atom is -0.358 e. The number of piperidine rings is 1. The highest BCUT2D eigenvalue weighted by Crippen LogP contribution is 2.61. The second-order valence-electron chi connectivity index (χ2n) is 9.40. The van der Waals surface area contributed by atoms with Crippen molar-refractivity contribution in [1.29, 1.82) is 0 Å². The summed E-state index contributed by atoms with van der Waals surface area (Å²) in [5, 5.41) is 9.46. The summed E-state index contributed by atoms with van der Waals surface area (Å²) < 4.78 is 15.6. The topological polar surface area (TPSA) is 90.5 Å². The molecule has 10 heteroatoms. The highest BCUT2D eigenvalue weighted by atomic mass is 35.5. The number of anilines is 1. The Kier molecular flexibility index (Phi) is 5.81. The van der Waals surface area contributed by atoms with Crippen molar-refractivity contribution in [2.24, 2.45) is 0 Å². The Morgan fingerprint density at radius 3 is 2.54 bits per heavy atom. The average molecular weight is 519 g/mol. The highest BCUT2D eigenvalue weighted by molar-refractivity contribution is 6.31. The van der Waals surface area contributed by atoms with Gasteiger partial charge in [0.2, 0.25) is 17.7 Å². The van der Waals surface area contributed by atoms with E-state index in [4.69, 9.17) is 23.2 Å². The third kappa shape index (κ3) is 3.30. The molecule has 1 unspecified atom stereocenters. The molecule has 3 atom stereocenters. The molecule has 2 saturated heterocycles. The van der Waals surface area contributed by atoms with Gasteiger partial charge in [-0.1, -0.05) is 41.4 Å². The lowest BCUT2D eigenvalue weighted by Crippen LogP contribution is -2.64. The molecule has 3 heterocycles. The normalized spacial score (nSPS) is 26.7. The van der Waals surface area contributed by atoms with Crippen LogP contribution in [0.1, 0.15) is 36.8 Å². The number of hydrogen-bond acceptors (Lipinski definition) is 4. The lowest BCUT2D eigenvalue weighted by Gasteiger charge is -2.49. The highest BCUT2D eigenvalue weighted by Gasteiger charge is 2.72. The number of amides is 3. The summed E-state index contributed by atoms with van der Waals surface area (Å²) in [6.07, 6.45) is 0.794. The number of hydrogen-bond donors (Lipinski definition) is 3. The van der Waals surface area contributed by atoms with E-state index in [1.165, 1.54) is 20.0 Å². The van der Waals surface area contributed by atoms with Gasteiger partial charge in [-0.2, -0.15) is 0 Å². The van der Waals surface area contributed by atoms with Gasteiger partial charge in [-0.15, -0.1) is 0 Å². The third-order valence-corrected chi connectivity index (χ3v) is 8.43. The van der Waals surface area contributed by atoms with Gasteiger partial charge in [0.15, 0.2) is 0 Å². The Hall–Kier alpha value is -2.68. The van der Waals surface area contributed by atoms with Gasteiger partial charge < -0.3 is 15.5 Å². The smallest absolute Gasteiger partial charge is 0.237 e. The number of halogens is 3. The monoisotopic (exact) mass is 518 g/mol. The van der Waals surface area contributed by atoms with Crippen LogP contribution in [0.4, 0.5) is 10.1 Å². The van der Waals surface area contributed by atoms with Crippen molar-refractivity contribution < 1.29 is 18.8 Å². The van der Waals surface area contributed by atoms with Crippen molar-refractivity contribution in [1.82, 2.24) is 15.5 Å². The number of likely N-dealkylation sites (tertiary alicyclic amines) is 1. The fraction of sp³-hybridized carbons (Fsp3) is 0.400. The first-order chi connectivity index (χ1) is 16.7.